The molecule has 224 valence electrons. The molecule has 3 aromatic carbocycles. The highest BCUT2D eigenvalue weighted by atomic mass is 79.9. The highest BCUT2D eigenvalue weighted by Gasteiger charge is 2.46. The lowest BCUT2D eigenvalue weighted by Crippen LogP contribution is -2.48. The number of amides is 1. The number of rotatable bonds is 10. The van der Waals surface area contributed by atoms with Gasteiger partial charge in [-0.15, -0.1) is 0 Å². The fourth-order valence-electron chi connectivity index (χ4n) is 4.78. The maximum atomic E-state index is 14.3. The number of aromatic nitrogens is 2. The van der Waals surface area contributed by atoms with Gasteiger partial charge in [0.15, 0.2) is 0 Å². The second kappa shape index (κ2) is 13.8. The SMILES string of the molecule is COc1ccc(OC)c(C[N+](C(C)=O)(c2ccc(Br)nc2Oc2ccccc2)c2ccc(Br)nc2Oc2ccc(Cl)cc2)c1. The summed E-state index contributed by atoms with van der Waals surface area (Å²) in [5, 5.41) is 0.558. The van der Waals surface area contributed by atoms with E-state index in [0.29, 0.717) is 54.2 Å². The Balaban J connectivity index is 1.81. The second-order valence-corrected chi connectivity index (χ2v) is 11.6. The predicted molar refractivity (Wildman–Crippen MR) is 177 cm³/mol. The molecule has 1 atom stereocenters. The third-order valence-corrected chi connectivity index (χ3v) is 7.99. The van der Waals surface area contributed by atoms with Gasteiger partial charge in [0.2, 0.25) is 11.4 Å². The minimum absolute atomic E-state index is 0.0739. The van der Waals surface area contributed by atoms with E-state index in [1.807, 2.05) is 36.4 Å². The lowest BCUT2D eigenvalue weighted by atomic mass is 10.1. The summed E-state index contributed by atoms with van der Waals surface area (Å²) < 4.78 is 24.6. The quantitative estimate of drug-likeness (QED) is 0.104. The monoisotopic (exact) mass is 738 g/mol. The third-order valence-electron chi connectivity index (χ3n) is 6.85. The van der Waals surface area contributed by atoms with Crippen molar-refractivity contribution in [3.05, 3.63) is 117 Å². The summed E-state index contributed by atoms with van der Waals surface area (Å²) in [5.74, 6) is 2.33. The summed E-state index contributed by atoms with van der Waals surface area (Å²) in [6.07, 6.45) is 0. The van der Waals surface area contributed by atoms with E-state index in [2.05, 4.69) is 41.8 Å². The van der Waals surface area contributed by atoms with Crippen LogP contribution in [-0.4, -0.2) is 30.1 Å². The van der Waals surface area contributed by atoms with Gasteiger partial charge in [-0.05, 0) is 98.6 Å². The Kier molecular flexibility index (Phi) is 9.85. The molecular formula is C33H27Br2ClN3O5+. The predicted octanol–water partition coefficient (Wildman–Crippen LogP) is 9.64. The standard InChI is InChI=1S/C33H27Br2ClN3O5/c1-21(40)39(20-22-19-26(41-2)13-16-29(22)42-3,27-14-17-30(34)37-32(27)43-24-7-5-4-6-8-24)28-15-18-31(35)38-33(28)44-25-11-9-23(36)10-12-25/h4-19H,20H2,1-3H3/q+1. The molecule has 11 heteroatoms. The lowest BCUT2D eigenvalue weighted by Gasteiger charge is -2.35. The molecule has 0 N–H and O–H groups in total. The first-order valence-corrected chi connectivity index (χ1v) is 15.3. The van der Waals surface area contributed by atoms with Crippen molar-refractivity contribution < 1.29 is 23.7 Å². The van der Waals surface area contributed by atoms with Crippen molar-refractivity contribution >= 4 is 60.7 Å². The zero-order valence-electron chi connectivity index (χ0n) is 24.0. The lowest BCUT2D eigenvalue weighted by molar-refractivity contribution is -0.125. The van der Waals surface area contributed by atoms with Gasteiger partial charge in [0.1, 0.15) is 38.7 Å². The normalized spacial score (nSPS) is 12.2. The van der Waals surface area contributed by atoms with E-state index in [1.54, 1.807) is 74.9 Å². The van der Waals surface area contributed by atoms with Gasteiger partial charge in [-0.2, -0.15) is 4.48 Å². The molecule has 0 aliphatic rings. The molecule has 0 spiro atoms. The van der Waals surface area contributed by atoms with E-state index in [9.17, 15) is 4.79 Å². The van der Waals surface area contributed by atoms with Crippen LogP contribution in [0.5, 0.6) is 34.8 Å². The van der Waals surface area contributed by atoms with Crippen LogP contribution in [0, 0.1) is 0 Å². The Hall–Kier alpha value is -3.96. The number of methoxy groups -OCH3 is 2. The van der Waals surface area contributed by atoms with Gasteiger partial charge in [-0.1, -0.05) is 29.8 Å². The summed E-state index contributed by atoms with van der Waals surface area (Å²) in [4.78, 5) is 23.7. The molecule has 0 saturated carbocycles. The minimum atomic E-state index is -0.435. The van der Waals surface area contributed by atoms with Crippen molar-refractivity contribution in [2.75, 3.05) is 14.2 Å². The Morgan fingerprint density at radius 2 is 1.27 bits per heavy atom. The number of carbonyl (C=O) groups is 1. The van der Waals surface area contributed by atoms with E-state index in [4.69, 9.17) is 30.5 Å². The van der Waals surface area contributed by atoms with Crippen LogP contribution in [0.2, 0.25) is 5.02 Å². The molecule has 2 heterocycles. The van der Waals surface area contributed by atoms with Crippen molar-refractivity contribution in [2.24, 2.45) is 0 Å². The van der Waals surface area contributed by atoms with Crippen molar-refractivity contribution in [3.8, 4) is 34.8 Å². The molecule has 0 bridgehead atoms. The van der Waals surface area contributed by atoms with Crippen LogP contribution in [0.15, 0.2) is 106 Å². The number of carbonyl (C=O) groups excluding carboxylic acids is 1. The zero-order valence-corrected chi connectivity index (χ0v) is 27.9. The molecule has 0 fully saturated rings. The Bertz CT molecular complexity index is 1790. The van der Waals surface area contributed by atoms with E-state index < -0.39 is 4.48 Å². The molecule has 5 rings (SSSR count). The topological polar surface area (TPSA) is 79.8 Å². The smallest absolute Gasteiger partial charge is 0.321 e. The van der Waals surface area contributed by atoms with Crippen molar-refractivity contribution in [3.63, 3.8) is 0 Å². The molecule has 0 saturated heterocycles. The molecule has 1 unspecified atom stereocenters. The van der Waals surface area contributed by atoms with Gasteiger partial charge >= 0.3 is 5.91 Å². The highest BCUT2D eigenvalue weighted by Crippen LogP contribution is 2.49. The second-order valence-electron chi connectivity index (χ2n) is 9.55. The number of hydrogen-bond acceptors (Lipinski definition) is 7. The Morgan fingerprint density at radius 3 is 1.80 bits per heavy atom. The maximum Gasteiger partial charge on any atom is 0.321 e. The molecular weight excluding hydrogens is 714 g/mol. The Labute approximate surface area is 277 Å². The molecule has 44 heavy (non-hydrogen) atoms. The number of halogens is 3. The summed E-state index contributed by atoms with van der Waals surface area (Å²) >= 11 is 13.1. The first-order valence-electron chi connectivity index (χ1n) is 13.3. The number of nitrogens with zero attached hydrogens (tertiary/aromatic N) is 3. The summed E-state index contributed by atoms with van der Waals surface area (Å²) in [7, 11) is 3.16. The number of para-hydroxylation sites is 1. The Morgan fingerprint density at radius 1 is 0.727 bits per heavy atom. The van der Waals surface area contributed by atoms with Crippen molar-refractivity contribution in [1.82, 2.24) is 14.5 Å². The van der Waals surface area contributed by atoms with Gasteiger partial charge in [-0.3, -0.25) is 0 Å². The van der Waals surface area contributed by atoms with E-state index in [0.717, 1.165) is 0 Å². The fraction of sp³-hybridized carbons (Fsp3) is 0.121. The average molecular weight is 741 g/mol. The fourth-order valence-corrected chi connectivity index (χ4v) is 5.49. The molecule has 2 aromatic heterocycles. The number of quaternary nitrogens is 1. The van der Waals surface area contributed by atoms with Crippen LogP contribution < -0.4 is 23.4 Å². The van der Waals surface area contributed by atoms with E-state index in [-0.39, 0.29) is 24.2 Å². The molecule has 0 aliphatic heterocycles. The van der Waals surface area contributed by atoms with Gasteiger partial charge in [0.25, 0.3) is 11.8 Å². The highest BCUT2D eigenvalue weighted by molar-refractivity contribution is 9.10. The van der Waals surface area contributed by atoms with Crippen LogP contribution >= 0.6 is 43.5 Å². The maximum absolute atomic E-state index is 14.3. The average Bonchev–Trinajstić information content (AvgIpc) is 3.02. The van der Waals surface area contributed by atoms with E-state index >= 15 is 0 Å². The molecule has 1 amide bonds. The number of benzene rings is 3. The first-order chi connectivity index (χ1) is 21.2. The van der Waals surface area contributed by atoms with Crippen LogP contribution in [0.1, 0.15) is 12.5 Å². The number of hydrogen-bond donors (Lipinski definition) is 0. The van der Waals surface area contributed by atoms with E-state index in [1.165, 1.54) is 6.92 Å². The zero-order chi connectivity index (χ0) is 31.3. The summed E-state index contributed by atoms with van der Waals surface area (Å²) in [6.45, 7) is 1.58. The molecule has 5 aromatic rings. The third kappa shape index (κ3) is 6.73. The summed E-state index contributed by atoms with van der Waals surface area (Å²) in [6, 6.07) is 28.7. The van der Waals surface area contributed by atoms with Gasteiger partial charge in [-0.25, -0.2) is 14.8 Å². The molecule has 8 nitrogen and oxygen atoms in total. The van der Waals surface area contributed by atoms with Crippen LogP contribution in [-0.2, 0) is 11.3 Å². The van der Waals surface area contributed by atoms with Gasteiger partial charge in [0, 0.05) is 17.2 Å². The first kappa shape index (κ1) is 31.5. The van der Waals surface area contributed by atoms with Crippen LogP contribution in [0.3, 0.4) is 0 Å². The minimum Gasteiger partial charge on any atom is -0.497 e. The van der Waals surface area contributed by atoms with Crippen LogP contribution in [0.25, 0.3) is 0 Å². The molecule has 0 aliphatic carbocycles. The number of ether oxygens (including phenoxy) is 4. The molecule has 0 radical (unpaired) electrons. The van der Waals surface area contributed by atoms with Gasteiger partial charge < -0.3 is 18.9 Å². The summed E-state index contributed by atoms with van der Waals surface area (Å²) in [5.41, 5.74) is 1.57. The van der Waals surface area contributed by atoms with Crippen LogP contribution in [0.4, 0.5) is 11.4 Å². The van der Waals surface area contributed by atoms with Gasteiger partial charge in [0.05, 0.1) is 26.7 Å². The largest absolute Gasteiger partial charge is 0.497 e. The van der Waals surface area contributed by atoms with Crippen molar-refractivity contribution in [1.29, 1.82) is 0 Å². The number of pyridine rings is 2. The van der Waals surface area contributed by atoms with Crippen molar-refractivity contribution in [2.45, 2.75) is 13.5 Å².